The van der Waals surface area contributed by atoms with E-state index in [-0.39, 0.29) is 17.8 Å². The number of alkyl carbamates (subject to hydrolysis) is 1. The zero-order chi connectivity index (χ0) is 19.8. The Morgan fingerprint density at radius 1 is 0.741 bits per heavy atom. The van der Waals surface area contributed by atoms with E-state index in [9.17, 15) is 9.59 Å². The van der Waals surface area contributed by atoms with Gasteiger partial charge in [0.25, 0.3) is 0 Å². The van der Waals surface area contributed by atoms with Crippen molar-refractivity contribution in [2.75, 3.05) is 0 Å². The summed E-state index contributed by atoms with van der Waals surface area (Å²) < 4.78 is 10.7. The SMILES string of the molecule is CC(C)OC(=O)N/C(=C(\C(=O)OC(C)C)c1ccccc1)c1ccccc1. The van der Waals surface area contributed by atoms with Gasteiger partial charge in [-0.25, -0.2) is 9.59 Å². The van der Waals surface area contributed by atoms with Crippen molar-refractivity contribution < 1.29 is 19.1 Å². The summed E-state index contributed by atoms with van der Waals surface area (Å²) in [6, 6.07) is 18.3. The van der Waals surface area contributed by atoms with Gasteiger partial charge in [-0.1, -0.05) is 60.7 Å². The molecule has 2 aromatic carbocycles. The van der Waals surface area contributed by atoms with Gasteiger partial charge < -0.3 is 9.47 Å². The van der Waals surface area contributed by atoms with Crippen molar-refractivity contribution in [3.8, 4) is 0 Å². The van der Waals surface area contributed by atoms with Gasteiger partial charge >= 0.3 is 12.1 Å². The van der Waals surface area contributed by atoms with Crippen LogP contribution in [0.15, 0.2) is 60.7 Å². The average molecular weight is 367 g/mol. The van der Waals surface area contributed by atoms with Crippen LogP contribution in [0.1, 0.15) is 38.8 Å². The van der Waals surface area contributed by atoms with E-state index < -0.39 is 12.1 Å². The molecule has 0 fully saturated rings. The number of hydrogen-bond acceptors (Lipinski definition) is 4. The van der Waals surface area contributed by atoms with Crippen LogP contribution in [-0.2, 0) is 14.3 Å². The number of nitrogens with one attached hydrogen (secondary N) is 1. The molecule has 0 radical (unpaired) electrons. The minimum absolute atomic E-state index is 0.274. The van der Waals surface area contributed by atoms with E-state index in [2.05, 4.69) is 5.32 Å². The average Bonchev–Trinajstić information content (AvgIpc) is 2.61. The lowest BCUT2D eigenvalue weighted by Crippen LogP contribution is -2.28. The van der Waals surface area contributed by atoms with Crippen LogP contribution in [0.3, 0.4) is 0 Å². The maximum Gasteiger partial charge on any atom is 0.411 e. The molecule has 0 bridgehead atoms. The highest BCUT2D eigenvalue weighted by Crippen LogP contribution is 2.26. The van der Waals surface area contributed by atoms with E-state index in [0.717, 1.165) is 0 Å². The third kappa shape index (κ3) is 5.99. The van der Waals surface area contributed by atoms with E-state index in [4.69, 9.17) is 9.47 Å². The Labute approximate surface area is 160 Å². The molecule has 27 heavy (non-hydrogen) atoms. The van der Waals surface area contributed by atoms with Crippen LogP contribution in [0.25, 0.3) is 11.3 Å². The summed E-state index contributed by atoms with van der Waals surface area (Å²) >= 11 is 0. The molecule has 142 valence electrons. The molecular weight excluding hydrogens is 342 g/mol. The summed E-state index contributed by atoms with van der Waals surface area (Å²) in [5, 5.41) is 2.74. The molecule has 2 aromatic rings. The molecule has 0 saturated heterocycles. The Morgan fingerprint density at radius 3 is 1.70 bits per heavy atom. The van der Waals surface area contributed by atoms with E-state index in [1.807, 2.05) is 48.5 Å². The second-order valence-corrected chi connectivity index (χ2v) is 6.52. The topological polar surface area (TPSA) is 64.6 Å². The molecule has 1 amide bonds. The second-order valence-electron chi connectivity index (χ2n) is 6.52. The third-order valence-electron chi connectivity index (χ3n) is 3.49. The number of carbonyl (C=O) groups excluding carboxylic acids is 2. The molecule has 0 aliphatic heterocycles. The monoisotopic (exact) mass is 367 g/mol. The Hall–Kier alpha value is -3.08. The Kier molecular flexibility index (Phi) is 7.17. The number of ether oxygens (including phenoxy) is 2. The zero-order valence-electron chi connectivity index (χ0n) is 16.1. The smallest absolute Gasteiger partial charge is 0.411 e. The van der Waals surface area contributed by atoms with Crippen LogP contribution in [0, 0.1) is 0 Å². The quantitative estimate of drug-likeness (QED) is 0.459. The molecule has 0 unspecified atom stereocenters. The first-order chi connectivity index (χ1) is 12.9. The number of amides is 1. The van der Waals surface area contributed by atoms with Crippen molar-refractivity contribution >= 4 is 23.3 Å². The van der Waals surface area contributed by atoms with E-state index in [0.29, 0.717) is 16.8 Å². The van der Waals surface area contributed by atoms with Crippen molar-refractivity contribution in [1.82, 2.24) is 5.32 Å². The number of benzene rings is 2. The lowest BCUT2D eigenvalue weighted by molar-refractivity contribution is -0.140. The van der Waals surface area contributed by atoms with E-state index in [1.165, 1.54) is 0 Å². The minimum atomic E-state index is -0.630. The predicted molar refractivity (Wildman–Crippen MR) is 106 cm³/mol. The van der Waals surface area contributed by atoms with Crippen LogP contribution in [-0.4, -0.2) is 24.3 Å². The fourth-order valence-corrected chi connectivity index (χ4v) is 2.47. The first kappa shape index (κ1) is 20.2. The molecule has 0 aliphatic carbocycles. The summed E-state index contributed by atoms with van der Waals surface area (Å²) in [6.07, 6.45) is -1.21. The molecule has 5 heteroatoms. The van der Waals surface area contributed by atoms with Gasteiger partial charge in [-0.3, -0.25) is 5.32 Å². The normalized spacial score (nSPS) is 11.8. The highest BCUT2D eigenvalue weighted by Gasteiger charge is 2.23. The Bertz CT molecular complexity index is 796. The van der Waals surface area contributed by atoms with Gasteiger partial charge in [0, 0.05) is 0 Å². The van der Waals surface area contributed by atoms with Crippen molar-refractivity contribution in [2.24, 2.45) is 0 Å². The third-order valence-corrected chi connectivity index (χ3v) is 3.49. The molecule has 0 aliphatic rings. The molecular formula is C22H25NO4. The number of esters is 1. The zero-order valence-corrected chi connectivity index (χ0v) is 16.1. The molecule has 1 N–H and O–H groups in total. The van der Waals surface area contributed by atoms with Crippen LogP contribution in [0.4, 0.5) is 4.79 Å². The summed E-state index contributed by atoms with van der Waals surface area (Å²) in [5.41, 5.74) is 1.94. The van der Waals surface area contributed by atoms with Crippen LogP contribution in [0.2, 0.25) is 0 Å². The number of carbonyl (C=O) groups is 2. The van der Waals surface area contributed by atoms with Crippen LogP contribution in [0.5, 0.6) is 0 Å². The van der Waals surface area contributed by atoms with Gasteiger partial charge in [-0.2, -0.15) is 0 Å². The van der Waals surface area contributed by atoms with Crippen LogP contribution >= 0.6 is 0 Å². The second kappa shape index (κ2) is 9.57. The molecule has 0 aromatic heterocycles. The standard InChI is InChI=1S/C22H25NO4/c1-15(2)26-21(24)19(17-11-7-5-8-12-17)20(18-13-9-6-10-14-18)23-22(25)27-16(3)4/h5-16H,1-4H3,(H,23,25)/b20-19-. The lowest BCUT2D eigenvalue weighted by Gasteiger charge is -2.18. The van der Waals surface area contributed by atoms with Gasteiger partial charge in [0.1, 0.15) is 0 Å². The number of hydrogen-bond donors (Lipinski definition) is 1. The Morgan fingerprint density at radius 2 is 1.22 bits per heavy atom. The van der Waals surface area contributed by atoms with Crippen molar-refractivity contribution in [2.45, 2.75) is 39.9 Å². The van der Waals surface area contributed by atoms with Gasteiger partial charge in [0.15, 0.2) is 0 Å². The summed E-state index contributed by atoms with van der Waals surface area (Å²) in [4.78, 5) is 25.2. The predicted octanol–water partition coefficient (Wildman–Crippen LogP) is 4.64. The molecule has 5 nitrogen and oxygen atoms in total. The molecule has 0 spiro atoms. The van der Waals surface area contributed by atoms with Crippen LogP contribution < -0.4 is 5.32 Å². The first-order valence-corrected chi connectivity index (χ1v) is 8.92. The van der Waals surface area contributed by atoms with Crippen molar-refractivity contribution in [3.63, 3.8) is 0 Å². The molecule has 0 heterocycles. The minimum Gasteiger partial charge on any atom is -0.459 e. The maximum atomic E-state index is 12.9. The van der Waals surface area contributed by atoms with Crippen molar-refractivity contribution in [3.05, 3.63) is 71.8 Å². The fourth-order valence-electron chi connectivity index (χ4n) is 2.47. The summed E-state index contributed by atoms with van der Waals surface area (Å²) in [6.45, 7) is 7.08. The van der Waals surface area contributed by atoms with E-state index >= 15 is 0 Å². The number of rotatable bonds is 6. The Balaban J connectivity index is 2.62. The van der Waals surface area contributed by atoms with Gasteiger partial charge in [0.2, 0.25) is 0 Å². The summed E-state index contributed by atoms with van der Waals surface area (Å²) in [5.74, 6) is -0.514. The molecule has 0 saturated carbocycles. The van der Waals surface area contributed by atoms with Gasteiger partial charge in [0.05, 0.1) is 23.5 Å². The van der Waals surface area contributed by atoms with E-state index in [1.54, 1.807) is 39.8 Å². The molecule has 0 atom stereocenters. The maximum absolute atomic E-state index is 12.9. The van der Waals surface area contributed by atoms with Gasteiger partial charge in [-0.05, 0) is 38.8 Å². The van der Waals surface area contributed by atoms with Crippen molar-refractivity contribution in [1.29, 1.82) is 0 Å². The summed E-state index contributed by atoms with van der Waals surface area (Å²) in [7, 11) is 0. The fraction of sp³-hybridized carbons (Fsp3) is 0.273. The first-order valence-electron chi connectivity index (χ1n) is 8.92. The largest absolute Gasteiger partial charge is 0.459 e. The van der Waals surface area contributed by atoms with Gasteiger partial charge in [-0.15, -0.1) is 0 Å². The lowest BCUT2D eigenvalue weighted by atomic mass is 9.99. The highest BCUT2D eigenvalue weighted by atomic mass is 16.6. The molecule has 2 rings (SSSR count). The highest BCUT2D eigenvalue weighted by molar-refractivity contribution is 6.25.